The van der Waals surface area contributed by atoms with Crippen LogP contribution in [0.5, 0.6) is 0 Å². The first-order chi connectivity index (χ1) is 5.81. The van der Waals surface area contributed by atoms with Gasteiger partial charge in [-0.25, -0.2) is 0 Å². The lowest BCUT2D eigenvalue weighted by Crippen LogP contribution is -1.83. The van der Waals surface area contributed by atoms with Crippen molar-refractivity contribution >= 4 is 0 Å². The average molecular weight is 163 g/mol. The molecule has 1 heteroatoms. The Morgan fingerprint density at radius 3 is 2.83 bits per heavy atom. The highest BCUT2D eigenvalue weighted by atomic mass is 14.2. The smallest absolute Gasteiger partial charge is 0.0628 e. The van der Waals surface area contributed by atoms with Crippen molar-refractivity contribution in [2.24, 2.45) is 5.92 Å². The maximum Gasteiger partial charge on any atom is 0.0628 e. The molecule has 0 rings (SSSR count). The summed E-state index contributed by atoms with van der Waals surface area (Å²) in [6.45, 7) is 4.21. The molecule has 0 bridgehead atoms. The molecule has 0 aromatic rings. The molecule has 0 saturated heterocycles. The molecular formula is C11H17N. The summed E-state index contributed by atoms with van der Waals surface area (Å²) in [4.78, 5) is 0. The number of allylic oxidation sites excluding steroid dienone is 1. The molecule has 0 aliphatic rings. The fraction of sp³-hybridized carbons (Fsp3) is 0.636. The van der Waals surface area contributed by atoms with E-state index >= 15 is 0 Å². The Kier molecular flexibility index (Phi) is 7.44. The first-order valence-electron chi connectivity index (χ1n) is 4.59. The normalized spacial score (nSPS) is 11.1. The third-order valence-corrected chi connectivity index (χ3v) is 1.61. The molecule has 0 fully saturated rings. The zero-order chi connectivity index (χ0) is 9.23. The van der Waals surface area contributed by atoms with Gasteiger partial charge in [-0.05, 0) is 30.9 Å². The largest absolute Gasteiger partial charge is 0.198 e. The first-order valence-corrected chi connectivity index (χ1v) is 4.59. The van der Waals surface area contributed by atoms with Crippen molar-refractivity contribution in [1.82, 2.24) is 0 Å². The Labute approximate surface area is 75.4 Å². The van der Waals surface area contributed by atoms with Crippen LogP contribution >= 0.6 is 0 Å². The average Bonchev–Trinajstić information content (AvgIpc) is 2.05. The van der Waals surface area contributed by atoms with Crippen molar-refractivity contribution in [3.05, 3.63) is 17.9 Å². The summed E-state index contributed by atoms with van der Waals surface area (Å²) in [7, 11) is 0. The molecule has 0 aromatic heterocycles. The van der Waals surface area contributed by atoms with Gasteiger partial charge in [0.1, 0.15) is 0 Å². The Bertz CT molecular complexity index is 192. The van der Waals surface area contributed by atoms with Crippen LogP contribution < -0.4 is 0 Å². The van der Waals surface area contributed by atoms with Gasteiger partial charge in [0.2, 0.25) is 0 Å². The number of rotatable bonds is 5. The summed E-state index contributed by atoms with van der Waals surface area (Å²) in [5.74, 6) is 0.341. The molecule has 1 nitrogen and oxygen atoms in total. The molecule has 12 heavy (non-hydrogen) atoms. The number of hydrogen-bond donors (Lipinski definition) is 0. The minimum atomic E-state index is 0.341. The van der Waals surface area contributed by atoms with Gasteiger partial charge in [0.15, 0.2) is 0 Å². The lowest BCUT2D eigenvalue weighted by Gasteiger charge is -1.92. The minimum Gasteiger partial charge on any atom is -0.198 e. The van der Waals surface area contributed by atoms with Gasteiger partial charge in [-0.1, -0.05) is 20.3 Å². The van der Waals surface area contributed by atoms with E-state index in [0.29, 0.717) is 12.3 Å². The Balaban J connectivity index is 3.58. The summed E-state index contributed by atoms with van der Waals surface area (Å²) in [6, 6.07) is 2.13. The lowest BCUT2D eigenvalue weighted by atomic mass is 10.1. The van der Waals surface area contributed by atoms with E-state index in [1.165, 1.54) is 12.8 Å². The van der Waals surface area contributed by atoms with E-state index in [2.05, 4.69) is 24.8 Å². The van der Waals surface area contributed by atoms with E-state index in [-0.39, 0.29) is 0 Å². The van der Waals surface area contributed by atoms with Crippen LogP contribution in [-0.4, -0.2) is 0 Å². The quantitative estimate of drug-likeness (QED) is 0.450. The van der Waals surface area contributed by atoms with Crippen LogP contribution in [0.4, 0.5) is 0 Å². The van der Waals surface area contributed by atoms with Gasteiger partial charge in [-0.3, -0.25) is 0 Å². The maximum atomic E-state index is 8.37. The van der Waals surface area contributed by atoms with Crippen LogP contribution in [0.25, 0.3) is 0 Å². The first kappa shape index (κ1) is 11.0. The van der Waals surface area contributed by atoms with Crippen molar-refractivity contribution in [2.75, 3.05) is 0 Å². The van der Waals surface area contributed by atoms with Crippen LogP contribution in [-0.2, 0) is 0 Å². The molecule has 1 unspecified atom stereocenters. The molecule has 0 aliphatic heterocycles. The fourth-order valence-corrected chi connectivity index (χ4v) is 0.825. The molecule has 0 aliphatic carbocycles. The minimum absolute atomic E-state index is 0.341. The highest BCUT2D eigenvalue weighted by molar-refractivity contribution is 4.91. The second kappa shape index (κ2) is 8.11. The zero-order valence-electron chi connectivity index (χ0n) is 8.01. The predicted octanol–water partition coefficient (Wildman–Crippen LogP) is 3.44. The number of hydrogen-bond acceptors (Lipinski definition) is 1. The Morgan fingerprint density at radius 1 is 1.50 bits per heavy atom. The third kappa shape index (κ3) is 7.12. The summed E-state index contributed by atoms with van der Waals surface area (Å²) < 4.78 is 0. The Morgan fingerprint density at radius 2 is 2.25 bits per heavy atom. The van der Waals surface area contributed by atoms with Crippen LogP contribution in [0.2, 0.25) is 0 Å². The third-order valence-electron chi connectivity index (χ3n) is 1.61. The molecule has 0 saturated carbocycles. The predicted molar refractivity (Wildman–Crippen MR) is 51.6 cm³/mol. The SMILES string of the molecule is CCCCC=C=CC(C)CC#N. The van der Waals surface area contributed by atoms with Crippen LogP contribution in [0.3, 0.4) is 0 Å². The van der Waals surface area contributed by atoms with Gasteiger partial charge in [0, 0.05) is 6.42 Å². The van der Waals surface area contributed by atoms with E-state index < -0.39 is 0 Å². The van der Waals surface area contributed by atoms with Gasteiger partial charge >= 0.3 is 0 Å². The van der Waals surface area contributed by atoms with Crippen molar-refractivity contribution in [3.8, 4) is 6.07 Å². The van der Waals surface area contributed by atoms with Crippen LogP contribution in [0.15, 0.2) is 17.9 Å². The van der Waals surface area contributed by atoms with Gasteiger partial charge in [0.25, 0.3) is 0 Å². The number of nitriles is 1. The molecule has 0 heterocycles. The molecular weight excluding hydrogens is 146 g/mol. The van der Waals surface area contributed by atoms with Crippen molar-refractivity contribution in [1.29, 1.82) is 5.26 Å². The summed E-state index contributed by atoms with van der Waals surface area (Å²) in [5, 5.41) is 8.37. The van der Waals surface area contributed by atoms with Crippen molar-refractivity contribution < 1.29 is 0 Å². The van der Waals surface area contributed by atoms with Crippen molar-refractivity contribution in [3.63, 3.8) is 0 Å². The maximum absolute atomic E-state index is 8.37. The van der Waals surface area contributed by atoms with Gasteiger partial charge in [-0.2, -0.15) is 5.26 Å². The molecule has 0 amide bonds. The Hall–Kier alpha value is -0.990. The van der Waals surface area contributed by atoms with Gasteiger partial charge in [-0.15, -0.1) is 5.73 Å². The van der Waals surface area contributed by atoms with E-state index in [1.807, 2.05) is 13.0 Å². The zero-order valence-corrected chi connectivity index (χ0v) is 8.01. The van der Waals surface area contributed by atoms with Crippen LogP contribution in [0.1, 0.15) is 39.5 Å². The van der Waals surface area contributed by atoms with Crippen LogP contribution in [0, 0.1) is 17.2 Å². The van der Waals surface area contributed by atoms with Crippen molar-refractivity contribution in [2.45, 2.75) is 39.5 Å². The number of unbranched alkanes of at least 4 members (excludes halogenated alkanes) is 2. The standard InChI is InChI=1S/C11H17N/c1-3-4-5-6-7-8-11(2)9-10-12/h6,8,11H,3-5,9H2,1-2H3. The second-order valence-electron chi connectivity index (χ2n) is 3.02. The molecule has 66 valence electrons. The summed E-state index contributed by atoms with van der Waals surface area (Å²) in [6.07, 6.45) is 8.18. The molecule has 0 radical (unpaired) electrons. The fourth-order valence-electron chi connectivity index (χ4n) is 0.825. The van der Waals surface area contributed by atoms with E-state index in [0.717, 1.165) is 6.42 Å². The highest BCUT2D eigenvalue weighted by Gasteiger charge is 1.91. The molecule has 0 spiro atoms. The molecule has 1 atom stereocenters. The van der Waals surface area contributed by atoms with E-state index in [9.17, 15) is 0 Å². The topological polar surface area (TPSA) is 23.8 Å². The molecule has 0 N–H and O–H groups in total. The monoisotopic (exact) mass is 163 g/mol. The summed E-state index contributed by atoms with van der Waals surface area (Å²) in [5.41, 5.74) is 3.10. The number of nitrogens with zero attached hydrogens (tertiary/aromatic N) is 1. The van der Waals surface area contributed by atoms with E-state index in [4.69, 9.17) is 5.26 Å². The van der Waals surface area contributed by atoms with Gasteiger partial charge in [0.05, 0.1) is 6.07 Å². The second-order valence-corrected chi connectivity index (χ2v) is 3.02. The van der Waals surface area contributed by atoms with Gasteiger partial charge < -0.3 is 0 Å². The molecule has 0 aromatic carbocycles. The summed E-state index contributed by atoms with van der Waals surface area (Å²) >= 11 is 0. The van der Waals surface area contributed by atoms with E-state index in [1.54, 1.807) is 0 Å². The lowest BCUT2D eigenvalue weighted by molar-refractivity contribution is 0.753. The highest BCUT2D eigenvalue weighted by Crippen LogP contribution is 2.01.